The van der Waals surface area contributed by atoms with Gasteiger partial charge in [0.2, 0.25) is 0 Å². The first kappa shape index (κ1) is 24.4. The maximum Gasteiger partial charge on any atom is 0.276 e. The Labute approximate surface area is 210 Å². The molecule has 8 nitrogen and oxygen atoms in total. The van der Waals surface area contributed by atoms with Gasteiger partial charge in [0.1, 0.15) is 5.69 Å². The minimum Gasteiger partial charge on any atom is -0.356 e. The van der Waals surface area contributed by atoms with Gasteiger partial charge in [0, 0.05) is 64.0 Å². The van der Waals surface area contributed by atoms with E-state index in [1.807, 2.05) is 43.4 Å². The Kier molecular flexibility index (Phi) is 9.24. The molecule has 1 aromatic carbocycles. The summed E-state index contributed by atoms with van der Waals surface area (Å²) in [4.78, 5) is 17.8. The fourth-order valence-electron chi connectivity index (χ4n) is 3.58. The quantitative estimate of drug-likeness (QED) is 0.278. The molecule has 32 heavy (non-hydrogen) atoms. The van der Waals surface area contributed by atoms with Crippen LogP contribution in [0, 0.1) is 0 Å². The predicted molar refractivity (Wildman–Crippen MR) is 136 cm³/mol. The second kappa shape index (κ2) is 12.1. The third kappa shape index (κ3) is 6.63. The highest BCUT2D eigenvalue weighted by molar-refractivity contribution is 14.0. The highest BCUT2D eigenvalue weighted by Gasteiger charge is 2.20. The minimum atomic E-state index is 0. The summed E-state index contributed by atoms with van der Waals surface area (Å²) in [5, 5.41) is 8.25. The molecule has 1 aliphatic rings. The van der Waals surface area contributed by atoms with Gasteiger partial charge in [0.25, 0.3) is 5.89 Å². The average Bonchev–Trinajstić information content (AvgIpc) is 3.27. The first-order chi connectivity index (χ1) is 15.2. The van der Waals surface area contributed by atoms with Gasteiger partial charge in [0.05, 0.1) is 0 Å². The fourth-order valence-corrected chi connectivity index (χ4v) is 3.79. The van der Waals surface area contributed by atoms with Crippen molar-refractivity contribution in [1.82, 2.24) is 30.2 Å². The van der Waals surface area contributed by atoms with E-state index in [0.29, 0.717) is 30.4 Å². The van der Waals surface area contributed by atoms with Crippen molar-refractivity contribution in [2.75, 3.05) is 39.8 Å². The molecule has 1 N–H and O–H groups in total. The lowest BCUT2D eigenvalue weighted by atomic mass is 10.2. The Hall–Kier alpha value is -2.24. The maximum absolute atomic E-state index is 6.10. The summed E-state index contributed by atoms with van der Waals surface area (Å²) in [6, 6.07) is 13.7. The van der Waals surface area contributed by atoms with Crippen LogP contribution in [0.5, 0.6) is 0 Å². The zero-order valence-electron chi connectivity index (χ0n) is 17.9. The first-order valence-corrected chi connectivity index (χ1v) is 10.8. The van der Waals surface area contributed by atoms with Crippen LogP contribution in [-0.4, -0.2) is 70.7 Å². The molecule has 10 heteroatoms. The summed E-state index contributed by atoms with van der Waals surface area (Å²) >= 11 is 6.10. The number of nitrogens with one attached hydrogen (secondary N) is 1. The number of rotatable bonds is 6. The molecule has 0 radical (unpaired) electrons. The molecule has 2 aromatic heterocycles. The summed E-state index contributed by atoms with van der Waals surface area (Å²) in [6.45, 7) is 5.39. The molecule has 1 fully saturated rings. The number of piperazine rings is 1. The van der Waals surface area contributed by atoms with Gasteiger partial charge in [-0.25, -0.2) is 0 Å². The highest BCUT2D eigenvalue weighted by atomic mass is 127. The summed E-state index contributed by atoms with van der Waals surface area (Å²) in [5.41, 5.74) is 1.93. The molecule has 3 heterocycles. The van der Waals surface area contributed by atoms with Crippen LogP contribution >= 0.6 is 35.6 Å². The smallest absolute Gasteiger partial charge is 0.276 e. The molecule has 0 amide bonds. The van der Waals surface area contributed by atoms with Crippen molar-refractivity contribution in [2.45, 2.75) is 13.0 Å². The van der Waals surface area contributed by atoms with Crippen LogP contribution in [0.25, 0.3) is 11.6 Å². The number of guanidine groups is 1. The van der Waals surface area contributed by atoms with E-state index >= 15 is 0 Å². The lowest BCUT2D eigenvalue weighted by Gasteiger charge is -2.36. The lowest BCUT2D eigenvalue weighted by molar-refractivity contribution is 0.172. The van der Waals surface area contributed by atoms with Crippen molar-refractivity contribution < 1.29 is 4.52 Å². The van der Waals surface area contributed by atoms with E-state index in [4.69, 9.17) is 16.1 Å². The molecule has 0 unspecified atom stereocenters. The molecular weight excluding hydrogens is 541 g/mol. The Morgan fingerprint density at radius 2 is 2.00 bits per heavy atom. The van der Waals surface area contributed by atoms with E-state index in [9.17, 15) is 0 Å². The SMILES string of the molecule is CN=C(NCCc1noc(-c2ccccn2)n1)N1CCN(Cc2cccc(Cl)c2)CC1.I. The number of hydrogen-bond acceptors (Lipinski definition) is 6. The minimum absolute atomic E-state index is 0. The van der Waals surface area contributed by atoms with Crippen molar-refractivity contribution in [3.63, 3.8) is 0 Å². The summed E-state index contributed by atoms with van der Waals surface area (Å²) in [7, 11) is 1.81. The summed E-state index contributed by atoms with van der Waals surface area (Å²) in [5.74, 6) is 1.99. The second-order valence-electron chi connectivity index (χ2n) is 7.35. The monoisotopic (exact) mass is 567 g/mol. The standard InChI is InChI=1S/C22H26ClN7O.HI/c1-24-22(26-10-8-20-27-21(31-28-20)19-7-2-3-9-25-19)30-13-11-29(12-14-30)16-17-5-4-6-18(23)15-17;/h2-7,9,15H,8,10-14,16H2,1H3,(H,24,26);1H. The molecule has 0 aliphatic carbocycles. The highest BCUT2D eigenvalue weighted by Crippen LogP contribution is 2.15. The Morgan fingerprint density at radius 1 is 1.16 bits per heavy atom. The number of benzene rings is 1. The normalized spacial score (nSPS) is 14.8. The van der Waals surface area contributed by atoms with Gasteiger partial charge < -0.3 is 14.7 Å². The molecule has 170 valence electrons. The third-order valence-corrected chi connectivity index (χ3v) is 5.40. The van der Waals surface area contributed by atoms with Gasteiger partial charge in [-0.2, -0.15) is 4.98 Å². The molecule has 0 saturated carbocycles. The number of pyridine rings is 1. The van der Waals surface area contributed by atoms with E-state index in [-0.39, 0.29) is 24.0 Å². The molecule has 3 aromatic rings. The molecule has 1 aliphatic heterocycles. The van der Waals surface area contributed by atoms with E-state index in [1.54, 1.807) is 6.20 Å². The number of hydrogen-bond donors (Lipinski definition) is 1. The topological polar surface area (TPSA) is 82.7 Å². The van der Waals surface area contributed by atoms with Crippen molar-refractivity contribution in [1.29, 1.82) is 0 Å². The molecule has 4 rings (SSSR count). The van der Waals surface area contributed by atoms with Gasteiger partial charge in [-0.05, 0) is 29.8 Å². The van der Waals surface area contributed by atoms with Crippen molar-refractivity contribution in [3.05, 3.63) is 65.1 Å². The van der Waals surface area contributed by atoms with Crippen LogP contribution in [0.2, 0.25) is 5.02 Å². The zero-order valence-corrected chi connectivity index (χ0v) is 21.0. The Balaban J connectivity index is 0.00000289. The van der Waals surface area contributed by atoms with Crippen LogP contribution in [-0.2, 0) is 13.0 Å². The second-order valence-corrected chi connectivity index (χ2v) is 7.78. The Morgan fingerprint density at radius 3 is 2.72 bits per heavy atom. The number of nitrogens with zero attached hydrogens (tertiary/aromatic N) is 6. The number of aliphatic imine (C=N–C) groups is 1. The van der Waals surface area contributed by atoms with Gasteiger partial charge >= 0.3 is 0 Å². The van der Waals surface area contributed by atoms with Gasteiger partial charge in [-0.3, -0.25) is 14.9 Å². The van der Waals surface area contributed by atoms with Gasteiger partial charge in [-0.1, -0.05) is 35.0 Å². The molecule has 0 spiro atoms. The van der Waals surface area contributed by atoms with E-state index < -0.39 is 0 Å². The predicted octanol–water partition coefficient (Wildman–Crippen LogP) is 3.34. The zero-order chi connectivity index (χ0) is 21.5. The fraction of sp³-hybridized carbons (Fsp3) is 0.364. The van der Waals surface area contributed by atoms with Crippen LogP contribution < -0.4 is 5.32 Å². The van der Waals surface area contributed by atoms with E-state index in [0.717, 1.165) is 43.7 Å². The summed E-state index contributed by atoms with van der Waals surface area (Å²) in [6.07, 6.45) is 2.35. The lowest BCUT2D eigenvalue weighted by Crippen LogP contribution is -2.52. The molecule has 0 bridgehead atoms. The number of aromatic nitrogens is 3. The maximum atomic E-state index is 6.10. The number of halogens is 2. The van der Waals surface area contributed by atoms with E-state index in [2.05, 4.69) is 41.3 Å². The largest absolute Gasteiger partial charge is 0.356 e. The van der Waals surface area contributed by atoms with Gasteiger partial charge in [-0.15, -0.1) is 24.0 Å². The van der Waals surface area contributed by atoms with Crippen LogP contribution in [0.3, 0.4) is 0 Å². The average molecular weight is 568 g/mol. The van der Waals surface area contributed by atoms with Crippen LogP contribution in [0.4, 0.5) is 0 Å². The van der Waals surface area contributed by atoms with Crippen LogP contribution in [0.1, 0.15) is 11.4 Å². The van der Waals surface area contributed by atoms with Crippen molar-refractivity contribution in [2.24, 2.45) is 4.99 Å². The molecule has 1 saturated heterocycles. The molecular formula is C22H27ClIN7O. The van der Waals surface area contributed by atoms with Crippen molar-refractivity contribution in [3.8, 4) is 11.6 Å². The van der Waals surface area contributed by atoms with Gasteiger partial charge in [0.15, 0.2) is 11.8 Å². The summed E-state index contributed by atoms with van der Waals surface area (Å²) < 4.78 is 5.31. The van der Waals surface area contributed by atoms with E-state index in [1.165, 1.54) is 5.56 Å². The third-order valence-electron chi connectivity index (χ3n) is 5.16. The first-order valence-electron chi connectivity index (χ1n) is 10.4. The van der Waals surface area contributed by atoms with Crippen LogP contribution in [0.15, 0.2) is 58.2 Å². The van der Waals surface area contributed by atoms with Crippen molar-refractivity contribution >= 4 is 41.5 Å². The Bertz CT molecular complexity index is 1010. The molecule has 0 atom stereocenters.